The van der Waals surface area contributed by atoms with E-state index < -0.39 is 0 Å². The third-order valence-corrected chi connectivity index (χ3v) is 4.94. The summed E-state index contributed by atoms with van der Waals surface area (Å²) in [6, 6.07) is 6.09. The number of amides is 1. The molecular weight excluding hydrogens is 352 g/mol. The molecule has 0 aliphatic carbocycles. The maximum Gasteiger partial charge on any atom is 0.298 e. The molecule has 1 atom stereocenters. The highest BCUT2D eigenvalue weighted by Gasteiger charge is 2.25. The van der Waals surface area contributed by atoms with Crippen molar-refractivity contribution in [2.24, 2.45) is 5.92 Å². The van der Waals surface area contributed by atoms with E-state index in [9.17, 15) is 4.79 Å². The summed E-state index contributed by atoms with van der Waals surface area (Å²) < 4.78 is 5.87. The summed E-state index contributed by atoms with van der Waals surface area (Å²) in [5, 5.41) is 3.67. The van der Waals surface area contributed by atoms with Gasteiger partial charge in [-0.15, -0.1) is 0 Å². The molecule has 1 unspecified atom stereocenters. The molecule has 1 aromatic carbocycles. The second kappa shape index (κ2) is 8.73. The van der Waals surface area contributed by atoms with Gasteiger partial charge in [0, 0.05) is 37.1 Å². The van der Waals surface area contributed by atoms with Crippen molar-refractivity contribution >= 4 is 34.6 Å². The second-order valence-corrected chi connectivity index (χ2v) is 7.71. The van der Waals surface area contributed by atoms with E-state index in [1.54, 1.807) is 6.07 Å². The molecule has 1 saturated heterocycles. The van der Waals surface area contributed by atoms with Crippen molar-refractivity contribution in [1.29, 1.82) is 0 Å². The van der Waals surface area contributed by atoms with Crippen molar-refractivity contribution in [3.05, 3.63) is 23.2 Å². The van der Waals surface area contributed by atoms with Crippen LogP contribution in [0.2, 0.25) is 5.02 Å². The van der Waals surface area contributed by atoms with E-state index in [1.165, 1.54) is 0 Å². The van der Waals surface area contributed by atoms with Crippen LogP contribution in [-0.4, -0.2) is 56.1 Å². The molecule has 1 N–H and O–H groups in total. The molecule has 0 bridgehead atoms. The van der Waals surface area contributed by atoms with Gasteiger partial charge in [0.2, 0.25) is 5.91 Å². The van der Waals surface area contributed by atoms with Crippen LogP contribution in [0.4, 0.5) is 6.01 Å². The molecule has 1 aromatic heterocycles. The van der Waals surface area contributed by atoms with Gasteiger partial charge in [0.1, 0.15) is 5.52 Å². The van der Waals surface area contributed by atoms with Crippen LogP contribution in [0.1, 0.15) is 25.7 Å². The number of hydrogen-bond acceptors (Lipinski definition) is 5. The van der Waals surface area contributed by atoms with Crippen molar-refractivity contribution in [2.45, 2.75) is 25.7 Å². The van der Waals surface area contributed by atoms with Crippen LogP contribution in [0.25, 0.3) is 11.1 Å². The monoisotopic (exact) mass is 378 g/mol. The third kappa shape index (κ3) is 5.11. The minimum Gasteiger partial charge on any atom is -0.423 e. The molecule has 1 fully saturated rings. The Labute approximate surface area is 159 Å². The van der Waals surface area contributed by atoms with Gasteiger partial charge in [0.25, 0.3) is 6.01 Å². The van der Waals surface area contributed by atoms with Crippen LogP contribution in [0.15, 0.2) is 22.6 Å². The maximum atomic E-state index is 12.2. The third-order valence-electron chi connectivity index (χ3n) is 4.71. The minimum absolute atomic E-state index is 0.139. The lowest BCUT2D eigenvalue weighted by Gasteiger charge is -2.31. The summed E-state index contributed by atoms with van der Waals surface area (Å²) in [6.07, 6.45) is 3.64. The zero-order chi connectivity index (χ0) is 18.5. The van der Waals surface area contributed by atoms with Crippen molar-refractivity contribution in [2.75, 3.05) is 45.2 Å². The number of nitrogens with zero attached hydrogens (tertiary/aromatic N) is 3. The van der Waals surface area contributed by atoms with E-state index in [0.717, 1.165) is 51.0 Å². The SMILES string of the molecule is CN(C)CCCNC(=O)CC1CCCN(c2nc3ccc(Cl)cc3o2)C1. The fourth-order valence-electron chi connectivity index (χ4n) is 3.38. The number of rotatable bonds is 7. The first-order valence-electron chi connectivity index (χ1n) is 9.24. The van der Waals surface area contributed by atoms with E-state index in [2.05, 4.69) is 20.1 Å². The number of halogens is 1. The number of carbonyl (C=O) groups excluding carboxylic acids is 1. The van der Waals surface area contributed by atoms with Gasteiger partial charge in [-0.05, 0) is 58.0 Å². The molecule has 7 heteroatoms. The molecule has 26 heavy (non-hydrogen) atoms. The van der Waals surface area contributed by atoms with Crippen LogP contribution >= 0.6 is 11.6 Å². The predicted molar refractivity (Wildman–Crippen MR) is 105 cm³/mol. The molecule has 2 heterocycles. The summed E-state index contributed by atoms with van der Waals surface area (Å²) >= 11 is 6.02. The molecule has 142 valence electrons. The highest BCUT2D eigenvalue weighted by Crippen LogP contribution is 2.28. The summed E-state index contributed by atoms with van der Waals surface area (Å²) in [5.74, 6) is 0.469. The molecule has 0 radical (unpaired) electrons. The Kier molecular flexibility index (Phi) is 6.38. The number of hydrogen-bond donors (Lipinski definition) is 1. The van der Waals surface area contributed by atoms with Crippen molar-refractivity contribution in [3.8, 4) is 0 Å². The summed E-state index contributed by atoms with van der Waals surface area (Å²) in [6.45, 7) is 3.42. The van der Waals surface area contributed by atoms with Gasteiger partial charge in [0.05, 0.1) is 0 Å². The summed E-state index contributed by atoms with van der Waals surface area (Å²) in [4.78, 5) is 21.0. The van der Waals surface area contributed by atoms with Gasteiger partial charge in [0.15, 0.2) is 5.58 Å². The van der Waals surface area contributed by atoms with Gasteiger partial charge in [-0.25, -0.2) is 0 Å². The highest BCUT2D eigenvalue weighted by atomic mass is 35.5. The van der Waals surface area contributed by atoms with Crippen LogP contribution < -0.4 is 10.2 Å². The number of oxazole rings is 1. The van der Waals surface area contributed by atoms with E-state index in [1.807, 2.05) is 26.2 Å². The lowest BCUT2D eigenvalue weighted by Crippen LogP contribution is -2.38. The average molecular weight is 379 g/mol. The smallest absolute Gasteiger partial charge is 0.298 e. The minimum atomic E-state index is 0.139. The maximum absolute atomic E-state index is 12.2. The number of benzene rings is 1. The zero-order valence-corrected chi connectivity index (χ0v) is 16.3. The van der Waals surface area contributed by atoms with Crippen molar-refractivity contribution < 1.29 is 9.21 Å². The first-order valence-corrected chi connectivity index (χ1v) is 9.61. The Bertz CT molecular complexity index is 746. The van der Waals surface area contributed by atoms with Crippen LogP contribution in [0, 0.1) is 5.92 Å². The first-order chi connectivity index (χ1) is 12.5. The predicted octanol–water partition coefficient (Wildman–Crippen LogP) is 3.16. The number of nitrogens with one attached hydrogen (secondary N) is 1. The first kappa shape index (κ1) is 19.0. The second-order valence-electron chi connectivity index (χ2n) is 7.27. The Morgan fingerprint density at radius 1 is 1.46 bits per heavy atom. The van der Waals surface area contributed by atoms with Crippen LogP contribution in [0.3, 0.4) is 0 Å². The van der Waals surface area contributed by atoms with E-state index >= 15 is 0 Å². The molecular formula is C19H27ClN4O2. The number of aromatic nitrogens is 1. The molecule has 2 aromatic rings. The molecule has 1 aliphatic heterocycles. The Morgan fingerprint density at radius 3 is 3.12 bits per heavy atom. The lowest BCUT2D eigenvalue weighted by atomic mass is 9.94. The largest absolute Gasteiger partial charge is 0.423 e. The summed E-state index contributed by atoms with van der Waals surface area (Å²) in [7, 11) is 4.08. The molecule has 0 spiro atoms. The summed E-state index contributed by atoms with van der Waals surface area (Å²) in [5.41, 5.74) is 1.51. The van der Waals surface area contributed by atoms with Crippen molar-refractivity contribution in [1.82, 2.24) is 15.2 Å². The standard InChI is InChI=1S/C19H27ClN4O2/c1-23(2)9-4-8-21-18(25)11-14-5-3-10-24(13-14)19-22-16-7-6-15(20)12-17(16)26-19/h6-7,12,14H,3-5,8-11,13H2,1-2H3,(H,21,25). The Balaban J connectivity index is 1.52. The normalized spacial score (nSPS) is 17.8. The van der Waals surface area contributed by atoms with Gasteiger partial charge in [-0.3, -0.25) is 4.79 Å². The van der Waals surface area contributed by atoms with E-state index in [4.69, 9.17) is 16.0 Å². The highest BCUT2D eigenvalue weighted by molar-refractivity contribution is 6.31. The van der Waals surface area contributed by atoms with E-state index in [-0.39, 0.29) is 5.91 Å². The number of carbonyl (C=O) groups is 1. The molecule has 6 nitrogen and oxygen atoms in total. The number of anilines is 1. The average Bonchev–Trinajstić information content (AvgIpc) is 3.02. The Hall–Kier alpha value is -1.79. The zero-order valence-electron chi connectivity index (χ0n) is 15.5. The fourth-order valence-corrected chi connectivity index (χ4v) is 3.55. The van der Waals surface area contributed by atoms with Crippen LogP contribution in [0.5, 0.6) is 0 Å². The van der Waals surface area contributed by atoms with E-state index in [0.29, 0.717) is 29.0 Å². The van der Waals surface area contributed by atoms with Gasteiger partial charge in [-0.2, -0.15) is 4.98 Å². The fraction of sp³-hybridized carbons (Fsp3) is 0.579. The number of fused-ring (bicyclic) bond motifs is 1. The van der Waals surface area contributed by atoms with Gasteiger partial charge >= 0.3 is 0 Å². The number of piperidine rings is 1. The van der Waals surface area contributed by atoms with Crippen LogP contribution in [-0.2, 0) is 4.79 Å². The van der Waals surface area contributed by atoms with Crippen molar-refractivity contribution in [3.63, 3.8) is 0 Å². The lowest BCUT2D eigenvalue weighted by molar-refractivity contribution is -0.122. The van der Waals surface area contributed by atoms with Gasteiger partial charge < -0.3 is 19.5 Å². The quantitative estimate of drug-likeness (QED) is 0.750. The molecule has 0 saturated carbocycles. The topological polar surface area (TPSA) is 61.6 Å². The molecule has 1 amide bonds. The molecule has 3 rings (SSSR count). The Morgan fingerprint density at radius 2 is 2.31 bits per heavy atom. The molecule has 1 aliphatic rings. The van der Waals surface area contributed by atoms with Gasteiger partial charge in [-0.1, -0.05) is 11.6 Å².